The van der Waals surface area contributed by atoms with Gasteiger partial charge in [0.25, 0.3) is 5.91 Å². The highest BCUT2D eigenvalue weighted by atomic mass is 16.5. The van der Waals surface area contributed by atoms with Crippen LogP contribution in [0.15, 0.2) is 42.5 Å². The molecule has 0 aliphatic carbocycles. The van der Waals surface area contributed by atoms with Gasteiger partial charge in [0.15, 0.2) is 6.61 Å². The molecule has 0 fully saturated rings. The van der Waals surface area contributed by atoms with Crippen molar-refractivity contribution in [3.8, 4) is 11.5 Å². The number of carbonyl (C=O) groups excluding carboxylic acids is 1. The molecule has 2 rings (SSSR count). The van der Waals surface area contributed by atoms with Crippen molar-refractivity contribution in [3.63, 3.8) is 0 Å². The summed E-state index contributed by atoms with van der Waals surface area (Å²) in [5, 5.41) is 2.88. The molecule has 0 spiro atoms. The molecule has 164 valence electrons. The molecule has 1 unspecified atom stereocenters. The number of hydrogen-bond acceptors (Lipinski definition) is 3. The third kappa shape index (κ3) is 6.79. The lowest BCUT2D eigenvalue weighted by molar-refractivity contribution is -0.118. The van der Waals surface area contributed by atoms with Crippen LogP contribution in [0.4, 0.5) is 5.69 Å². The number of benzene rings is 2. The lowest BCUT2D eigenvalue weighted by Gasteiger charge is -2.27. The van der Waals surface area contributed by atoms with Crippen LogP contribution in [0.5, 0.6) is 11.5 Å². The van der Waals surface area contributed by atoms with Crippen LogP contribution in [0.2, 0.25) is 0 Å². The largest absolute Gasteiger partial charge is 0.491 e. The maximum absolute atomic E-state index is 12.4. The van der Waals surface area contributed by atoms with Crippen LogP contribution in [0.25, 0.3) is 0 Å². The van der Waals surface area contributed by atoms with E-state index in [-0.39, 0.29) is 29.4 Å². The van der Waals surface area contributed by atoms with Gasteiger partial charge in [0.1, 0.15) is 11.5 Å². The Bertz CT molecular complexity index is 842. The average Bonchev–Trinajstić information content (AvgIpc) is 2.66. The first kappa shape index (κ1) is 23.8. The molecule has 1 N–H and O–H groups in total. The number of nitrogens with one attached hydrogen (secondary N) is 1. The van der Waals surface area contributed by atoms with Gasteiger partial charge in [-0.2, -0.15) is 0 Å². The summed E-state index contributed by atoms with van der Waals surface area (Å²) in [5.41, 5.74) is 3.05. The van der Waals surface area contributed by atoms with Crippen LogP contribution in [0, 0.1) is 0 Å². The lowest BCUT2D eigenvalue weighted by Crippen LogP contribution is -2.22. The highest BCUT2D eigenvalue weighted by Gasteiger charge is 2.23. The zero-order valence-corrected chi connectivity index (χ0v) is 19.8. The minimum absolute atomic E-state index is 0.0386. The molecule has 4 nitrogen and oxygen atoms in total. The Morgan fingerprint density at radius 1 is 0.967 bits per heavy atom. The highest BCUT2D eigenvalue weighted by Crippen LogP contribution is 2.35. The molecule has 30 heavy (non-hydrogen) atoms. The fraction of sp³-hybridized carbons (Fsp3) is 0.500. The molecule has 2 aromatic rings. The average molecular weight is 412 g/mol. The Kier molecular flexibility index (Phi) is 7.57. The summed E-state index contributed by atoms with van der Waals surface area (Å²) >= 11 is 0. The summed E-state index contributed by atoms with van der Waals surface area (Å²) in [6.07, 6.45) is 1.11. The van der Waals surface area contributed by atoms with E-state index in [1.165, 1.54) is 5.56 Å². The van der Waals surface area contributed by atoms with Gasteiger partial charge in [-0.25, -0.2) is 0 Å². The Labute approximate surface area is 182 Å². The monoisotopic (exact) mass is 411 g/mol. The van der Waals surface area contributed by atoms with Crippen molar-refractivity contribution < 1.29 is 14.3 Å². The Morgan fingerprint density at radius 3 is 2.13 bits per heavy atom. The van der Waals surface area contributed by atoms with Gasteiger partial charge in [0, 0.05) is 5.69 Å². The minimum atomic E-state index is -0.189. The van der Waals surface area contributed by atoms with Crippen molar-refractivity contribution in [1.82, 2.24) is 0 Å². The topological polar surface area (TPSA) is 47.6 Å². The second-order valence-corrected chi connectivity index (χ2v) is 9.91. The predicted molar refractivity (Wildman–Crippen MR) is 125 cm³/mol. The fourth-order valence-corrected chi connectivity index (χ4v) is 2.98. The zero-order valence-electron chi connectivity index (χ0n) is 19.8. The molecule has 0 saturated heterocycles. The molecule has 0 aliphatic rings. The predicted octanol–water partition coefficient (Wildman–Crippen LogP) is 6.48. The van der Waals surface area contributed by atoms with Gasteiger partial charge < -0.3 is 14.8 Å². The van der Waals surface area contributed by atoms with Crippen molar-refractivity contribution >= 4 is 11.6 Å². The molecule has 4 heteroatoms. The zero-order chi connectivity index (χ0) is 22.5. The van der Waals surface area contributed by atoms with Crippen molar-refractivity contribution in [2.24, 2.45) is 0 Å². The van der Waals surface area contributed by atoms with Crippen molar-refractivity contribution in [1.29, 1.82) is 0 Å². The SMILES string of the molecule is CCC(C)Oc1ccc(NC(=O)COc2ccc(C(C)(C)C)cc2C(C)(C)C)cc1. The fourth-order valence-electron chi connectivity index (χ4n) is 2.98. The standard InChI is InChI=1S/C26H37NO3/c1-9-18(2)30-21-13-11-20(12-14-21)27-24(28)17-29-23-15-10-19(25(3,4)5)16-22(23)26(6,7)8/h10-16,18H,9,17H2,1-8H3,(H,27,28). The molecule has 1 atom stereocenters. The summed E-state index contributed by atoms with van der Waals surface area (Å²) in [5.74, 6) is 1.36. The molecule has 0 aromatic heterocycles. The van der Waals surface area contributed by atoms with Gasteiger partial charge in [-0.1, -0.05) is 60.6 Å². The Morgan fingerprint density at radius 2 is 1.60 bits per heavy atom. The van der Waals surface area contributed by atoms with Crippen molar-refractivity contribution in [2.75, 3.05) is 11.9 Å². The van der Waals surface area contributed by atoms with E-state index < -0.39 is 0 Å². The third-order valence-corrected chi connectivity index (χ3v) is 5.06. The van der Waals surface area contributed by atoms with Gasteiger partial charge >= 0.3 is 0 Å². The highest BCUT2D eigenvalue weighted by molar-refractivity contribution is 5.91. The van der Waals surface area contributed by atoms with Crippen LogP contribution in [-0.4, -0.2) is 18.6 Å². The molecule has 2 aromatic carbocycles. The second-order valence-electron chi connectivity index (χ2n) is 9.91. The normalized spacial score (nSPS) is 12.9. The van der Waals surface area contributed by atoms with Gasteiger partial charge in [0.05, 0.1) is 6.10 Å². The molecular weight excluding hydrogens is 374 g/mol. The number of carbonyl (C=O) groups is 1. The van der Waals surface area contributed by atoms with E-state index in [4.69, 9.17) is 9.47 Å². The van der Waals surface area contributed by atoms with Crippen molar-refractivity contribution in [3.05, 3.63) is 53.6 Å². The van der Waals surface area contributed by atoms with Crippen LogP contribution in [0.3, 0.4) is 0 Å². The molecule has 0 radical (unpaired) electrons. The Balaban J connectivity index is 2.03. The van der Waals surface area contributed by atoms with Gasteiger partial charge in [-0.15, -0.1) is 0 Å². The molecule has 1 amide bonds. The number of amides is 1. The molecule has 0 heterocycles. The smallest absolute Gasteiger partial charge is 0.262 e. The number of rotatable bonds is 7. The summed E-state index contributed by atoms with van der Waals surface area (Å²) in [4.78, 5) is 12.4. The van der Waals surface area contributed by atoms with Gasteiger partial charge in [0.2, 0.25) is 0 Å². The van der Waals surface area contributed by atoms with E-state index >= 15 is 0 Å². The van der Waals surface area contributed by atoms with Crippen LogP contribution in [0.1, 0.15) is 72.9 Å². The van der Waals surface area contributed by atoms with E-state index in [9.17, 15) is 4.79 Å². The van der Waals surface area contributed by atoms with Crippen LogP contribution < -0.4 is 14.8 Å². The Hall–Kier alpha value is -2.49. The number of ether oxygens (including phenoxy) is 2. The quantitative estimate of drug-likeness (QED) is 0.567. The summed E-state index contributed by atoms with van der Waals surface area (Å²) in [6.45, 7) is 17.1. The van der Waals surface area contributed by atoms with Crippen LogP contribution >= 0.6 is 0 Å². The third-order valence-electron chi connectivity index (χ3n) is 5.06. The maximum atomic E-state index is 12.4. The second kappa shape index (κ2) is 9.55. The van der Waals surface area contributed by atoms with Gasteiger partial charge in [-0.05, 0) is 65.6 Å². The maximum Gasteiger partial charge on any atom is 0.262 e. The van der Waals surface area contributed by atoms with Crippen molar-refractivity contribution in [2.45, 2.75) is 78.7 Å². The minimum Gasteiger partial charge on any atom is -0.491 e. The molecular formula is C26H37NO3. The first-order valence-electron chi connectivity index (χ1n) is 10.7. The van der Waals surface area contributed by atoms with Crippen LogP contribution in [-0.2, 0) is 15.6 Å². The van der Waals surface area contributed by atoms with E-state index in [1.807, 2.05) is 37.3 Å². The van der Waals surface area contributed by atoms with E-state index in [2.05, 4.69) is 65.9 Å². The summed E-state index contributed by atoms with van der Waals surface area (Å²) in [6, 6.07) is 13.7. The first-order valence-corrected chi connectivity index (χ1v) is 10.7. The summed E-state index contributed by atoms with van der Waals surface area (Å²) < 4.78 is 11.7. The molecule has 0 aliphatic heterocycles. The number of hydrogen-bond donors (Lipinski definition) is 1. The molecule has 0 saturated carbocycles. The summed E-state index contributed by atoms with van der Waals surface area (Å²) in [7, 11) is 0. The molecule has 0 bridgehead atoms. The van der Waals surface area contributed by atoms with E-state index in [0.717, 1.165) is 29.2 Å². The van der Waals surface area contributed by atoms with Gasteiger partial charge in [-0.3, -0.25) is 4.79 Å². The van der Waals surface area contributed by atoms with E-state index in [0.29, 0.717) is 0 Å². The first-order chi connectivity index (χ1) is 13.9. The van der Waals surface area contributed by atoms with E-state index in [1.54, 1.807) is 0 Å². The number of anilines is 1. The lowest BCUT2D eigenvalue weighted by atomic mass is 9.80.